The fourth-order valence-electron chi connectivity index (χ4n) is 3.01. The van der Waals surface area contributed by atoms with Crippen molar-refractivity contribution in [3.63, 3.8) is 0 Å². The van der Waals surface area contributed by atoms with Crippen molar-refractivity contribution >= 4 is 34.4 Å². The van der Waals surface area contributed by atoms with Gasteiger partial charge >= 0.3 is 11.9 Å². The lowest BCUT2D eigenvalue weighted by Gasteiger charge is -2.23. The Morgan fingerprint density at radius 1 is 1.29 bits per heavy atom. The first kappa shape index (κ1) is 22.1. The summed E-state index contributed by atoms with van der Waals surface area (Å²) >= 11 is 6.35. The average molecular weight is 413 g/mol. The second kappa shape index (κ2) is 10.4. The van der Waals surface area contributed by atoms with Crippen LogP contribution in [0, 0.1) is 5.92 Å². The quantitative estimate of drug-likeness (QED) is 0.456. The Kier molecular flexibility index (Phi) is 8.22. The maximum Gasteiger partial charge on any atom is 0.306 e. The molecule has 2 rings (SSSR count). The summed E-state index contributed by atoms with van der Waals surface area (Å²) < 4.78 is 15.5. The number of nitrogens with zero attached hydrogens (tertiary/aromatic N) is 1. The molecule has 0 saturated heterocycles. The van der Waals surface area contributed by atoms with Crippen LogP contribution in [-0.2, 0) is 36.8 Å². The Hall–Kier alpha value is -2.16. The predicted molar refractivity (Wildman–Crippen MR) is 103 cm³/mol. The first-order chi connectivity index (χ1) is 13.4. The predicted octanol–water partition coefficient (Wildman–Crippen LogP) is 2.75. The maximum absolute atomic E-state index is 12.0. The minimum atomic E-state index is -1.16. The highest BCUT2D eigenvalue weighted by molar-refractivity contribution is 6.35. The number of carbonyl (C=O) groups is 2. The lowest BCUT2D eigenvalue weighted by atomic mass is 9.91. The van der Waals surface area contributed by atoms with E-state index in [1.165, 1.54) is 6.92 Å². The van der Waals surface area contributed by atoms with E-state index in [1.807, 2.05) is 0 Å². The number of hydrogen-bond acceptors (Lipinski definition) is 7. The van der Waals surface area contributed by atoms with Gasteiger partial charge in [0.15, 0.2) is 6.29 Å². The molecule has 0 spiro atoms. The van der Waals surface area contributed by atoms with Crippen LogP contribution in [0.1, 0.15) is 38.3 Å². The van der Waals surface area contributed by atoms with Crippen molar-refractivity contribution in [1.82, 2.24) is 10.2 Å². The van der Waals surface area contributed by atoms with E-state index in [1.54, 1.807) is 26.1 Å². The van der Waals surface area contributed by atoms with Crippen LogP contribution in [0.5, 0.6) is 0 Å². The molecule has 0 amide bonds. The SMILES string of the molecule is CCOC(=O)C[C@H](Cc1cc(Cl)c2[nH]ncc2c1COC(C)=O)C(O)OCC. The highest BCUT2D eigenvalue weighted by Gasteiger charge is 2.26. The van der Waals surface area contributed by atoms with Crippen molar-refractivity contribution in [3.05, 3.63) is 28.4 Å². The minimum absolute atomic E-state index is 0.0225. The Balaban J connectivity index is 2.39. The molecule has 0 fully saturated rings. The molecule has 0 aliphatic carbocycles. The number of halogens is 1. The number of rotatable bonds is 10. The van der Waals surface area contributed by atoms with Crippen molar-refractivity contribution in [2.75, 3.05) is 13.2 Å². The van der Waals surface area contributed by atoms with Gasteiger partial charge in [0.05, 0.1) is 29.8 Å². The zero-order chi connectivity index (χ0) is 20.7. The lowest BCUT2D eigenvalue weighted by Crippen LogP contribution is -2.29. The molecule has 0 bridgehead atoms. The molecule has 2 N–H and O–H groups in total. The monoisotopic (exact) mass is 412 g/mol. The van der Waals surface area contributed by atoms with E-state index in [0.29, 0.717) is 28.1 Å². The fourth-order valence-corrected chi connectivity index (χ4v) is 3.28. The summed E-state index contributed by atoms with van der Waals surface area (Å²) in [5.74, 6) is -1.41. The molecule has 2 atom stereocenters. The number of ether oxygens (including phenoxy) is 3. The van der Waals surface area contributed by atoms with E-state index in [4.69, 9.17) is 25.8 Å². The van der Waals surface area contributed by atoms with Crippen LogP contribution in [0.2, 0.25) is 5.02 Å². The van der Waals surface area contributed by atoms with E-state index >= 15 is 0 Å². The third-order valence-corrected chi connectivity index (χ3v) is 4.57. The average Bonchev–Trinajstić information content (AvgIpc) is 3.11. The Morgan fingerprint density at radius 2 is 2.04 bits per heavy atom. The van der Waals surface area contributed by atoms with Gasteiger partial charge in [0.2, 0.25) is 0 Å². The first-order valence-electron chi connectivity index (χ1n) is 9.09. The van der Waals surface area contributed by atoms with Gasteiger partial charge < -0.3 is 19.3 Å². The normalized spacial score (nSPS) is 13.3. The topological polar surface area (TPSA) is 111 Å². The van der Waals surface area contributed by atoms with Crippen LogP contribution < -0.4 is 0 Å². The molecular formula is C19H25ClN2O6. The van der Waals surface area contributed by atoms with Gasteiger partial charge in [-0.15, -0.1) is 0 Å². The van der Waals surface area contributed by atoms with Gasteiger partial charge in [-0.25, -0.2) is 0 Å². The van der Waals surface area contributed by atoms with E-state index in [0.717, 1.165) is 5.56 Å². The molecule has 1 aromatic heterocycles. The molecule has 2 aromatic rings. The number of benzene rings is 1. The highest BCUT2D eigenvalue weighted by atomic mass is 35.5. The third kappa shape index (κ3) is 5.67. The molecule has 1 unspecified atom stereocenters. The molecule has 0 aliphatic rings. The van der Waals surface area contributed by atoms with E-state index < -0.39 is 24.1 Å². The van der Waals surface area contributed by atoms with Crippen LogP contribution in [0.15, 0.2) is 12.3 Å². The zero-order valence-electron chi connectivity index (χ0n) is 16.2. The van der Waals surface area contributed by atoms with Gasteiger partial charge in [-0.05, 0) is 31.9 Å². The van der Waals surface area contributed by atoms with Crippen LogP contribution in [-0.4, -0.2) is 46.7 Å². The molecule has 0 radical (unpaired) electrons. The van der Waals surface area contributed by atoms with Gasteiger partial charge in [-0.3, -0.25) is 14.7 Å². The number of esters is 2. The number of hydrogen-bond donors (Lipinski definition) is 2. The number of aliphatic hydroxyl groups is 1. The van der Waals surface area contributed by atoms with Gasteiger partial charge in [0.1, 0.15) is 6.61 Å². The van der Waals surface area contributed by atoms with Gasteiger partial charge in [-0.2, -0.15) is 5.10 Å². The molecule has 154 valence electrons. The number of aliphatic hydroxyl groups excluding tert-OH is 1. The summed E-state index contributed by atoms with van der Waals surface area (Å²) in [5, 5.41) is 18.4. The molecule has 1 heterocycles. The van der Waals surface area contributed by atoms with Crippen molar-refractivity contribution in [2.24, 2.45) is 5.92 Å². The second-order valence-corrected chi connectivity index (χ2v) is 6.66. The van der Waals surface area contributed by atoms with Crippen molar-refractivity contribution in [2.45, 2.75) is 46.5 Å². The lowest BCUT2D eigenvalue weighted by molar-refractivity contribution is -0.157. The van der Waals surface area contributed by atoms with Crippen LogP contribution >= 0.6 is 11.6 Å². The van der Waals surface area contributed by atoms with E-state index in [9.17, 15) is 14.7 Å². The molecular weight excluding hydrogens is 388 g/mol. The Bertz CT molecular complexity index is 822. The summed E-state index contributed by atoms with van der Waals surface area (Å²) in [7, 11) is 0. The maximum atomic E-state index is 12.0. The molecule has 9 heteroatoms. The number of carbonyl (C=O) groups excluding carboxylic acids is 2. The summed E-state index contributed by atoms with van der Waals surface area (Å²) in [6.45, 7) is 5.36. The Labute approximate surface area is 168 Å². The Morgan fingerprint density at radius 3 is 2.68 bits per heavy atom. The number of nitrogens with one attached hydrogen (secondary N) is 1. The van der Waals surface area contributed by atoms with Gasteiger partial charge in [0.25, 0.3) is 0 Å². The molecule has 0 aliphatic heterocycles. The number of aromatic amines is 1. The summed E-state index contributed by atoms with van der Waals surface area (Å²) in [4.78, 5) is 23.3. The van der Waals surface area contributed by atoms with Gasteiger partial charge in [0, 0.05) is 30.4 Å². The number of aromatic nitrogens is 2. The zero-order valence-corrected chi connectivity index (χ0v) is 16.9. The number of H-pyrrole nitrogens is 1. The summed E-state index contributed by atoms with van der Waals surface area (Å²) in [6.07, 6.45) is 0.693. The minimum Gasteiger partial charge on any atom is -0.466 e. The second-order valence-electron chi connectivity index (χ2n) is 6.25. The summed E-state index contributed by atoms with van der Waals surface area (Å²) in [5.41, 5.74) is 2.06. The molecule has 0 saturated carbocycles. The van der Waals surface area contributed by atoms with Crippen molar-refractivity contribution in [3.8, 4) is 0 Å². The summed E-state index contributed by atoms with van der Waals surface area (Å²) in [6, 6.07) is 1.72. The van der Waals surface area contributed by atoms with Gasteiger partial charge in [-0.1, -0.05) is 11.6 Å². The van der Waals surface area contributed by atoms with Crippen molar-refractivity contribution in [1.29, 1.82) is 0 Å². The first-order valence-corrected chi connectivity index (χ1v) is 9.47. The molecule has 1 aromatic carbocycles. The number of fused-ring (bicyclic) bond motifs is 1. The van der Waals surface area contributed by atoms with Crippen LogP contribution in [0.3, 0.4) is 0 Å². The van der Waals surface area contributed by atoms with Crippen LogP contribution in [0.4, 0.5) is 0 Å². The largest absolute Gasteiger partial charge is 0.466 e. The van der Waals surface area contributed by atoms with E-state index in [2.05, 4.69) is 10.2 Å². The highest BCUT2D eigenvalue weighted by Crippen LogP contribution is 2.31. The van der Waals surface area contributed by atoms with Crippen LogP contribution in [0.25, 0.3) is 10.9 Å². The van der Waals surface area contributed by atoms with E-state index in [-0.39, 0.29) is 26.1 Å². The molecule has 8 nitrogen and oxygen atoms in total. The standard InChI is InChI=1S/C19H25ClN2O6/c1-4-26-17(24)8-13(19(25)27-5-2)6-12-7-16(20)18-14(9-21-22-18)15(12)10-28-11(3)23/h7,9,13,19,25H,4-6,8,10H2,1-3H3,(H,21,22)/t13-,19?/m0/s1. The van der Waals surface area contributed by atoms with Crippen molar-refractivity contribution < 1.29 is 28.9 Å². The molecule has 28 heavy (non-hydrogen) atoms. The fraction of sp³-hybridized carbons (Fsp3) is 0.526. The smallest absolute Gasteiger partial charge is 0.306 e. The third-order valence-electron chi connectivity index (χ3n) is 4.27.